The fourth-order valence-corrected chi connectivity index (χ4v) is 1.83. The molecule has 1 atom stereocenters. The Morgan fingerprint density at radius 3 is 2.65 bits per heavy atom. The van der Waals surface area contributed by atoms with Gasteiger partial charge in [0.1, 0.15) is 18.2 Å². The highest BCUT2D eigenvalue weighted by Crippen LogP contribution is 2.13. The van der Waals surface area contributed by atoms with Crippen LogP contribution in [0.4, 0.5) is 4.39 Å². The molecule has 0 amide bonds. The van der Waals surface area contributed by atoms with Gasteiger partial charge in [-0.1, -0.05) is 30.3 Å². The summed E-state index contributed by atoms with van der Waals surface area (Å²) in [5.41, 5.74) is 0.571. The Labute approximate surface area is 118 Å². The Kier molecular flexibility index (Phi) is 5.53. The summed E-state index contributed by atoms with van der Waals surface area (Å²) in [6.45, 7) is 1.49. The van der Waals surface area contributed by atoms with Gasteiger partial charge in [-0.25, -0.2) is 4.39 Å². The molecule has 0 aromatic heterocycles. The van der Waals surface area contributed by atoms with E-state index in [9.17, 15) is 9.50 Å². The molecule has 0 fully saturated rings. The molecule has 0 aliphatic heterocycles. The highest BCUT2D eigenvalue weighted by Gasteiger charge is 2.07. The quantitative estimate of drug-likeness (QED) is 0.763. The number of nitrogens with one attached hydrogen (secondary N) is 1. The van der Waals surface area contributed by atoms with Crippen molar-refractivity contribution in [3.05, 3.63) is 66.0 Å². The number of hydrogen-bond acceptors (Lipinski definition) is 3. The molecule has 2 aromatic carbocycles. The van der Waals surface area contributed by atoms with Gasteiger partial charge >= 0.3 is 0 Å². The smallest absolute Gasteiger partial charge is 0.123 e. The first-order valence-electron chi connectivity index (χ1n) is 6.58. The van der Waals surface area contributed by atoms with Crippen LogP contribution < -0.4 is 10.1 Å². The van der Waals surface area contributed by atoms with Crippen LogP contribution >= 0.6 is 0 Å². The summed E-state index contributed by atoms with van der Waals surface area (Å²) in [5, 5.41) is 13.0. The predicted octanol–water partition coefficient (Wildman–Crippen LogP) is 2.53. The third-order valence-corrected chi connectivity index (χ3v) is 2.86. The summed E-state index contributed by atoms with van der Waals surface area (Å²) in [7, 11) is 0. The first kappa shape index (κ1) is 14.5. The van der Waals surface area contributed by atoms with Gasteiger partial charge in [0, 0.05) is 13.1 Å². The van der Waals surface area contributed by atoms with E-state index in [1.54, 1.807) is 12.1 Å². The average molecular weight is 275 g/mol. The van der Waals surface area contributed by atoms with Gasteiger partial charge in [0.15, 0.2) is 0 Å². The molecule has 4 heteroatoms. The van der Waals surface area contributed by atoms with E-state index in [-0.39, 0.29) is 5.82 Å². The molecule has 2 rings (SSSR count). The van der Waals surface area contributed by atoms with Crippen molar-refractivity contribution >= 4 is 0 Å². The van der Waals surface area contributed by atoms with Crippen molar-refractivity contribution in [1.29, 1.82) is 0 Å². The van der Waals surface area contributed by atoms with E-state index in [0.717, 1.165) is 5.75 Å². The van der Waals surface area contributed by atoms with Gasteiger partial charge in [-0.2, -0.15) is 0 Å². The fourth-order valence-electron chi connectivity index (χ4n) is 1.83. The van der Waals surface area contributed by atoms with E-state index in [2.05, 4.69) is 5.32 Å². The molecule has 0 bridgehead atoms. The van der Waals surface area contributed by atoms with E-state index in [1.165, 1.54) is 12.1 Å². The maximum absolute atomic E-state index is 13.0. The second-order valence-electron chi connectivity index (χ2n) is 4.44. The van der Waals surface area contributed by atoms with Crippen LogP contribution in [-0.2, 0) is 0 Å². The number of halogens is 1. The Morgan fingerprint density at radius 2 is 1.90 bits per heavy atom. The zero-order valence-electron chi connectivity index (χ0n) is 11.1. The van der Waals surface area contributed by atoms with Gasteiger partial charge in [0.25, 0.3) is 0 Å². The normalized spacial score (nSPS) is 12.1. The minimum absolute atomic E-state index is 0.339. The van der Waals surface area contributed by atoms with Gasteiger partial charge in [0.05, 0.1) is 6.10 Å². The Hall–Kier alpha value is -1.91. The van der Waals surface area contributed by atoms with Crippen LogP contribution in [0.1, 0.15) is 11.7 Å². The van der Waals surface area contributed by atoms with Gasteiger partial charge in [0.2, 0.25) is 0 Å². The standard InChI is InChI=1S/C16H18FNO2/c17-14-6-4-5-13(11-14)16(19)12-18-9-10-20-15-7-2-1-3-8-15/h1-8,11,16,18-19H,9-10,12H2. The summed E-state index contributed by atoms with van der Waals surface area (Å²) in [6.07, 6.45) is -0.720. The first-order valence-corrected chi connectivity index (χ1v) is 6.58. The maximum atomic E-state index is 13.0. The van der Waals surface area contributed by atoms with E-state index < -0.39 is 6.10 Å². The summed E-state index contributed by atoms with van der Waals surface area (Å²) in [4.78, 5) is 0. The summed E-state index contributed by atoms with van der Waals surface area (Å²) < 4.78 is 18.5. The van der Waals surface area contributed by atoms with Crippen molar-refractivity contribution in [3.63, 3.8) is 0 Å². The van der Waals surface area contributed by atoms with Crippen LogP contribution in [0.5, 0.6) is 5.75 Å². The second kappa shape index (κ2) is 7.62. The number of rotatable bonds is 7. The lowest BCUT2D eigenvalue weighted by Crippen LogP contribution is -2.26. The number of aliphatic hydroxyl groups is 1. The third-order valence-electron chi connectivity index (χ3n) is 2.86. The molecule has 2 aromatic rings. The second-order valence-corrected chi connectivity index (χ2v) is 4.44. The number of hydrogen-bond donors (Lipinski definition) is 2. The minimum atomic E-state index is -0.720. The largest absolute Gasteiger partial charge is 0.492 e. The van der Waals surface area contributed by atoms with E-state index >= 15 is 0 Å². The molecule has 0 radical (unpaired) electrons. The molecule has 1 unspecified atom stereocenters. The van der Waals surface area contributed by atoms with Crippen LogP contribution in [0, 0.1) is 5.82 Å². The monoisotopic (exact) mass is 275 g/mol. The van der Waals surface area contributed by atoms with Crippen molar-refractivity contribution in [1.82, 2.24) is 5.32 Å². The third kappa shape index (κ3) is 4.64. The fraction of sp³-hybridized carbons (Fsp3) is 0.250. The molecule has 2 N–H and O–H groups in total. The molecule has 20 heavy (non-hydrogen) atoms. The van der Waals surface area contributed by atoms with Crippen molar-refractivity contribution < 1.29 is 14.2 Å². The van der Waals surface area contributed by atoms with E-state index in [1.807, 2.05) is 30.3 Å². The molecular weight excluding hydrogens is 257 g/mol. The lowest BCUT2D eigenvalue weighted by molar-refractivity contribution is 0.171. The van der Waals surface area contributed by atoms with Crippen molar-refractivity contribution in [2.45, 2.75) is 6.10 Å². The highest BCUT2D eigenvalue weighted by molar-refractivity contribution is 5.21. The Bertz CT molecular complexity index is 519. The van der Waals surface area contributed by atoms with Crippen LogP contribution in [0.2, 0.25) is 0 Å². The molecule has 0 aliphatic carbocycles. The lowest BCUT2D eigenvalue weighted by atomic mass is 10.1. The van der Waals surface area contributed by atoms with Crippen molar-refractivity contribution in [3.8, 4) is 5.75 Å². The van der Waals surface area contributed by atoms with Crippen LogP contribution in [0.15, 0.2) is 54.6 Å². The lowest BCUT2D eigenvalue weighted by Gasteiger charge is -2.12. The molecule has 0 saturated carbocycles. The van der Waals surface area contributed by atoms with Crippen molar-refractivity contribution in [2.75, 3.05) is 19.7 Å². The number of aliphatic hydroxyl groups excluding tert-OH is 1. The molecule has 0 saturated heterocycles. The number of benzene rings is 2. The number of para-hydroxylation sites is 1. The SMILES string of the molecule is OC(CNCCOc1ccccc1)c1cccc(F)c1. The van der Waals surface area contributed by atoms with Crippen LogP contribution in [0.3, 0.4) is 0 Å². The van der Waals surface area contributed by atoms with Gasteiger partial charge in [-0.05, 0) is 29.8 Å². The minimum Gasteiger partial charge on any atom is -0.492 e. The van der Waals surface area contributed by atoms with E-state index in [4.69, 9.17) is 4.74 Å². The molecule has 106 valence electrons. The Balaban J connectivity index is 1.66. The number of ether oxygens (including phenoxy) is 1. The molecule has 0 spiro atoms. The predicted molar refractivity (Wildman–Crippen MR) is 76.2 cm³/mol. The summed E-state index contributed by atoms with van der Waals surface area (Å²) in [6, 6.07) is 15.5. The zero-order chi connectivity index (χ0) is 14.2. The summed E-state index contributed by atoms with van der Waals surface area (Å²) in [5.74, 6) is 0.480. The molecule has 3 nitrogen and oxygen atoms in total. The molecule has 0 aliphatic rings. The molecule has 0 heterocycles. The first-order chi connectivity index (χ1) is 9.75. The highest BCUT2D eigenvalue weighted by atomic mass is 19.1. The van der Waals surface area contributed by atoms with Gasteiger partial charge in [-0.15, -0.1) is 0 Å². The van der Waals surface area contributed by atoms with Crippen molar-refractivity contribution in [2.24, 2.45) is 0 Å². The topological polar surface area (TPSA) is 41.5 Å². The van der Waals surface area contributed by atoms with Gasteiger partial charge in [-0.3, -0.25) is 0 Å². The molecular formula is C16H18FNO2. The van der Waals surface area contributed by atoms with Gasteiger partial charge < -0.3 is 15.2 Å². The zero-order valence-corrected chi connectivity index (χ0v) is 11.1. The summed E-state index contributed by atoms with van der Waals surface area (Å²) >= 11 is 0. The van der Waals surface area contributed by atoms with Crippen LogP contribution in [-0.4, -0.2) is 24.8 Å². The maximum Gasteiger partial charge on any atom is 0.123 e. The Morgan fingerprint density at radius 1 is 1.10 bits per heavy atom. The van der Waals surface area contributed by atoms with Crippen LogP contribution in [0.25, 0.3) is 0 Å². The van der Waals surface area contributed by atoms with E-state index in [0.29, 0.717) is 25.3 Å². The average Bonchev–Trinajstić information content (AvgIpc) is 2.48.